The summed E-state index contributed by atoms with van der Waals surface area (Å²) in [7, 11) is 1.73. The van der Waals surface area contributed by atoms with Gasteiger partial charge in [-0.05, 0) is 102 Å². The SMILES string of the molecule is COc1c(C)cc(C2(c3cc(C)c(OC(=O)c4ccc(-c5ccc(C(C)=O)cc5)cc4)c(C)c3)c3ccccc3C3C=CC=CC32)cc1C. The van der Waals surface area contributed by atoms with Gasteiger partial charge in [-0.1, -0.05) is 109 Å². The number of fused-ring (bicyclic) bond motifs is 3. The van der Waals surface area contributed by atoms with Crippen LogP contribution < -0.4 is 9.47 Å². The van der Waals surface area contributed by atoms with E-state index in [9.17, 15) is 9.59 Å². The van der Waals surface area contributed by atoms with Crippen LogP contribution in [0.1, 0.15) is 78.1 Å². The van der Waals surface area contributed by atoms with Crippen molar-refractivity contribution in [3.63, 3.8) is 0 Å². The van der Waals surface area contributed by atoms with Gasteiger partial charge in [-0.2, -0.15) is 0 Å². The molecule has 5 aromatic carbocycles. The molecule has 0 aromatic heterocycles. The topological polar surface area (TPSA) is 52.6 Å². The molecule has 4 nitrogen and oxygen atoms in total. The number of hydrogen-bond acceptors (Lipinski definition) is 4. The van der Waals surface area contributed by atoms with E-state index < -0.39 is 11.4 Å². The van der Waals surface area contributed by atoms with Crippen molar-refractivity contribution in [2.75, 3.05) is 7.11 Å². The van der Waals surface area contributed by atoms with E-state index in [1.54, 1.807) is 26.2 Å². The quantitative estimate of drug-likeness (QED) is 0.101. The van der Waals surface area contributed by atoms with Crippen LogP contribution in [0.2, 0.25) is 0 Å². The van der Waals surface area contributed by atoms with Crippen molar-refractivity contribution in [1.82, 2.24) is 0 Å². The number of methoxy groups -OCH3 is 1. The summed E-state index contributed by atoms with van der Waals surface area (Å²) in [6.07, 6.45) is 9.03. The van der Waals surface area contributed by atoms with Crippen LogP contribution in [0.15, 0.2) is 121 Å². The number of ether oxygens (including phenoxy) is 2. The Morgan fingerprint density at radius 3 is 1.69 bits per heavy atom. The molecule has 3 atom stereocenters. The average molecular weight is 645 g/mol. The highest BCUT2D eigenvalue weighted by Gasteiger charge is 2.53. The Hall–Kier alpha value is -5.48. The highest BCUT2D eigenvalue weighted by Crippen LogP contribution is 2.60. The van der Waals surface area contributed by atoms with Gasteiger partial charge in [0, 0.05) is 17.4 Å². The normalized spacial score (nSPS) is 18.9. The van der Waals surface area contributed by atoms with Gasteiger partial charge in [0.05, 0.1) is 18.1 Å². The number of rotatable bonds is 7. The summed E-state index contributed by atoms with van der Waals surface area (Å²) in [6.45, 7) is 9.85. The Kier molecular flexibility index (Phi) is 8.20. The highest BCUT2D eigenvalue weighted by molar-refractivity contribution is 5.95. The molecular weight excluding hydrogens is 604 g/mol. The van der Waals surface area contributed by atoms with Gasteiger partial charge < -0.3 is 9.47 Å². The van der Waals surface area contributed by atoms with Gasteiger partial charge >= 0.3 is 5.97 Å². The van der Waals surface area contributed by atoms with E-state index in [0.717, 1.165) is 39.1 Å². The van der Waals surface area contributed by atoms with Crippen LogP contribution in [-0.4, -0.2) is 18.9 Å². The second-order valence-electron chi connectivity index (χ2n) is 13.4. The molecule has 49 heavy (non-hydrogen) atoms. The molecule has 3 unspecified atom stereocenters. The van der Waals surface area contributed by atoms with Gasteiger partial charge in [0.2, 0.25) is 0 Å². The summed E-state index contributed by atoms with van der Waals surface area (Å²) in [5.74, 6) is 1.51. The fraction of sp³-hybridized carbons (Fsp3) is 0.200. The zero-order valence-electron chi connectivity index (χ0n) is 28.8. The average Bonchev–Trinajstić information content (AvgIpc) is 3.41. The van der Waals surface area contributed by atoms with Crippen LogP contribution in [0.25, 0.3) is 11.1 Å². The van der Waals surface area contributed by atoms with Gasteiger partial charge in [0.25, 0.3) is 0 Å². The smallest absolute Gasteiger partial charge is 0.343 e. The molecule has 7 rings (SSSR count). The minimum atomic E-state index is -0.471. The van der Waals surface area contributed by atoms with Crippen molar-refractivity contribution in [2.45, 2.75) is 46.0 Å². The van der Waals surface area contributed by atoms with Gasteiger partial charge in [0.15, 0.2) is 5.78 Å². The Morgan fingerprint density at radius 2 is 1.14 bits per heavy atom. The first-order valence-corrected chi connectivity index (χ1v) is 16.8. The molecule has 244 valence electrons. The molecule has 5 aromatic rings. The summed E-state index contributed by atoms with van der Waals surface area (Å²) >= 11 is 0. The first kappa shape index (κ1) is 32.1. The molecule has 0 N–H and O–H groups in total. The standard InChI is InChI=1S/C45H40O4/c1-27-23-36(24-28(2)42(27)48-6)45(40-13-9-7-11-38(40)39-12-8-10-14-41(39)45)37-25-29(3)43(30(4)26-37)49-44(47)35-21-19-34(20-22-35)33-17-15-32(16-18-33)31(5)46/h7-26,38,40H,1-6H3. The van der Waals surface area contributed by atoms with Gasteiger partial charge in [-0.25, -0.2) is 4.79 Å². The summed E-state index contributed by atoms with van der Waals surface area (Å²) in [6, 6.07) is 32.7. The fourth-order valence-electron chi connectivity index (χ4n) is 8.19. The van der Waals surface area contributed by atoms with E-state index in [1.165, 1.54) is 22.3 Å². The number of allylic oxidation sites excluding steroid dienone is 4. The second-order valence-corrected chi connectivity index (χ2v) is 13.4. The third-order valence-corrected chi connectivity index (χ3v) is 10.4. The van der Waals surface area contributed by atoms with E-state index in [1.807, 2.05) is 50.2 Å². The number of carbonyl (C=O) groups excluding carboxylic acids is 2. The van der Waals surface area contributed by atoms with Crippen molar-refractivity contribution in [1.29, 1.82) is 0 Å². The zero-order valence-corrected chi connectivity index (χ0v) is 28.8. The lowest BCUT2D eigenvalue weighted by Gasteiger charge is -2.40. The summed E-state index contributed by atoms with van der Waals surface area (Å²) in [5.41, 5.74) is 11.7. The number of hydrogen-bond donors (Lipinski definition) is 0. The molecule has 0 fully saturated rings. The summed E-state index contributed by atoms with van der Waals surface area (Å²) < 4.78 is 11.9. The van der Waals surface area contributed by atoms with Crippen molar-refractivity contribution < 1.29 is 19.1 Å². The Balaban J connectivity index is 1.28. The second kappa shape index (κ2) is 12.5. The van der Waals surface area contributed by atoms with Crippen molar-refractivity contribution in [2.24, 2.45) is 5.92 Å². The molecule has 0 saturated carbocycles. The van der Waals surface area contributed by atoms with Crippen molar-refractivity contribution >= 4 is 11.8 Å². The predicted molar refractivity (Wildman–Crippen MR) is 196 cm³/mol. The number of esters is 1. The van der Waals surface area contributed by atoms with E-state index in [-0.39, 0.29) is 17.6 Å². The van der Waals surface area contributed by atoms with Crippen molar-refractivity contribution in [3.05, 3.63) is 177 Å². The number of ketones is 1. The molecule has 0 aliphatic heterocycles. The molecular formula is C45H40O4. The molecule has 0 radical (unpaired) electrons. The molecule has 0 bridgehead atoms. The Labute approximate surface area is 288 Å². The lowest BCUT2D eigenvalue weighted by Crippen LogP contribution is -2.35. The van der Waals surface area contributed by atoms with Gasteiger partial charge in [0.1, 0.15) is 11.5 Å². The van der Waals surface area contributed by atoms with E-state index in [2.05, 4.69) is 86.7 Å². The first-order chi connectivity index (χ1) is 23.6. The Morgan fingerprint density at radius 1 is 0.633 bits per heavy atom. The van der Waals surface area contributed by atoms with E-state index >= 15 is 0 Å². The molecule has 0 spiro atoms. The van der Waals surface area contributed by atoms with Crippen LogP contribution >= 0.6 is 0 Å². The lowest BCUT2D eigenvalue weighted by atomic mass is 9.62. The maximum atomic E-state index is 13.5. The fourth-order valence-corrected chi connectivity index (χ4v) is 8.19. The number of Topliss-reactive ketones (excluding diaryl/α,β-unsaturated/α-hetero) is 1. The molecule has 4 heteroatoms. The third-order valence-electron chi connectivity index (χ3n) is 10.4. The predicted octanol–water partition coefficient (Wildman–Crippen LogP) is 10.2. The van der Waals surface area contributed by atoms with Crippen LogP contribution in [0.4, 0.5) is 0 Å². The molecule has 2 aliphatic carbocycles. The molecule has 0 saturated heterocycles. The van der Waals surface area contributed by atoms with E-state index in [4.69, 9.17) is 9.47 Å². The highest BCUT2D eigenvalue weighted by atomic mass is 16.5. The van der Waals surface area contributed by atoms with Gasteiger partial charge in [-0.3, -0.25) is 4.79 Å². The third kappa shape index (κ3) is 5.32. The largest absolute Gasteiger partial charge is 0.496 e. The molecule has 0 heterocycles. The summed E-state index contributed by atoms with van der Waals surface area (Å²) in [4.78, 5) is 25.2. The van der Waals surface area contributed by atoms with Crippen LogP contribution in [0.3, 0.4) is 0 Å². The van der Waals surface area contributed by atoms with Gasteiger partial charge in [-0.15, -0.1) is 0 Å². The number of carbonyl (C=O) groups is 2. The zero-order chi connectivity index (χ0) is 34.4. The van der Waals surface area contributed by atoms with Crippen LogP contribution in [-0.2, 0) is 5.41 Å². The van der Waals surface area contributed by atoms with Crippen LogP contribution in [0.5, 0.6) is 11.5 Å². The van der Waals surface area contributed by atoms with Crippen molar-refractivity contribution in [3.8, 4) is 22.6 Å². The van der Waals surface area contributed by atoms with E-state index in [0.29, 0.717) is 16.9 Å². The first-order valence-electron chi connectivity index (χ1n) is 16.8. The maximum absolute atomic E-state index is 13.5. The van der Waals surface area contributed by atoms with Crippen LogP contribution in [0, 0.1) is 33.6 Å². The molecule has 2 aliphatic rings. The number of benzene rings is 5. The molecule has 0 amide bonds. The minimum Gasteiger partial charge on any atom is -0.496 e. The monoisotopic (exact) mass is 644 g/mol. The minimum absolute atomic E-state index is 0.0320. The lowest BCUT2D eigenvalue weighted by molar-refractivity contribution is 0.0732. The number of aryl methyl sites for hydroxylation is 4. The maximum Gasteiger partial charge on any atom is 0.343 e. The Bertz CT molecular complexity index is 2120. The summed E-state index contributed by atoms with van der Waals surface area (Å²) in [5, 5.41) is 0.